The van der Waals surface area contributed by atoms with Crippen molar-refractivity contribution in [3.63, 3.8) is 0 Å². The predicted octanol–water partition coefficient (Wildman–Crippen LogP) is 2.16. The van der Waals surface area contributed by atoms with Crippen LogP contribution < -0.4 is 5.32 Å². The van der Waals surface area contributed by atoms with E-state index in [-0.39, 0.29) is 0 Å². The van der Waals surface area contributed by atoms with Gasteiger partial charge in [0.15, 0.2) is 0 Å². The highest BCUT2D eigenvalue weighted by molar-refractivity contribution is 5.29. The summed E-state index contributed by atoms with van der Waals surface area (Å²) in [5, 5.41) is 3.34. The van der Waals surface area contributed by atoms with Crippen molar-refractivity contribution in [3.8, 4) is 0 Å². The fourth-order valence-corrected chi connectivity index (χ4v) is 2.36. The third-order valence-electron chi connectivity index (χ3n) is 3.39. The van der Waals surface area contributed by atoms with Crippen LogP contribution in [0.25, 0.3) is 0 Å². The average molecular weight is 236 g/mol. The van der Waals surface area contributed by atoms with E-state index >= 15 is 0 Å². The zero-order valence-corrected chi connectivity index (χ0v) is 10.5. The number of piperazine rings is 1. The van der Waals surface area contributed by atoms with E-state index in [1.54, 1.807) is 6.92 Å². The lowest BCUT2D eigenvalue weighted by Crippen LogP contribution is -2.44. The van der Waals surface area contributed by atoms with E-state index in [1.165, 1.54) is 0 Å². The largest absolute Gasteiger partial charge is 0.314 e. The highest BCUT2D eigenvalue weighted by Crippen LogP contribution is 2.21. The van der Waals surface area contributed by atoms with E-state index in [1.807, 2.05) is 24.3 Å². The zero-order valence-electron chi connectivity index (χ0n) is 10.5. The molecule has 1 unspecified atom stereocenters. The standard InChI is InChI=1S/C14H21FN2/c1-12(15)14-5-3-2-4-13(14)6-9-17-10-7-16-8-11-17/h2-5,12,16H,6-11H2,1H3. The van der Waals surface area contributed by atoms with Crippen LogP contribution in [0.1, 0.15) is 24.2 Å². The Balaban J connectivity index is 1.93. The minimum absolute atomic E-state index is 0.850. The first kappa shape index (κ1) is 12.5. The molecule has 1 aliphatic rings. The van der Waals surface area contributed by atoms with Crippen molar-refractivity contribution in [2.45, 2.75) is 19.5 Å². The molecule has 1 N–H and O–H groups in total. The Morgan fingerprint density at radius 2 is 2.00 bits per heavy atom. The predicted molar refractivity (Wildman–Crippen MR) is 69.0 cm³/mol. The summed E-state index contributed by atoms with van der Waals surface area (Å²) >= 11 is 0. The monoisotopic (exact) mass is 236 g/mol. The molecule has 17 heavy (non-hydrogen) atoms. The van der Waals surface area contributed by atoms with Gasteiger partial charge in [-0.05, 0) is 24.5 Å². The van der Waals surface area contributed by atoms with Crippen LogP contribution in [0.15, 0.2) is 24.3 Å². The van der Waals surface area contributed by atoms with Gasteiger partial charge in [0.25, 0.3) is 0 Å². The van der Waals surface area contributed by atoms with Crippen LogP contribution in [0.5, 0.6) is 0 Å². The van der Waals surface area contributed by atoms with Gasteiger partial charge in [0, 0.05) is 32.7 Å². The average Bonchev–Trinajstić information content (AvgIpc) is 2.38. The highest BCUT2D eigenvalue weighted by Gasteiger charge is 2.12. The van der Waals surface area contributed by atoms with Crippen LogP contribution in [-0.4, -0.2) is 37.6 Å². The molecule has 0 aromatic heterocycles. The number of hydrogen-bond acceptors (Lipinski definition) is 2. The molecule has 1 saturated heterocycles. The van der Waals surface area contributed by atoms with E-state index < -0.39 is 6.17 Å². The van der Waals surface area contributed by atoms with Gasteiger partial charge in [-0.15, -0.1) is 0 Å². The summed E-state index contributed by atoms with van der Waals surface area (Å²) in [6.45, 7) is 7.00. The number of benzene rings is 1. The van der Waals surface area contributed by atoms with Crippen LogP contribution in [0.2, 0.25) is 0 Å². The van der Waals surface area contributed by atoms with E-state index in [4.69, 9.17) is 0 Å². The van der Waals surface area contributed by atoms with Gasteiger partial charge in [-0.2, -0.15) is 0 Å². The second-order valence-electron chi connectivity index (χ2n) is 4.66. The maximum Gasteiger partial charge on any atom is 0.123 e. The fraction of sp³-hybridized carbons (Fsp3) is 0.571. The second kappa shape index (κ2) is 6.12. The van der Waals surface area contributed by atoms with Gasteiger partial charge in [-0.3, -0.25) is 0 Å². The maximum atomic E-state index is 13.4. The fourth-order valence-electron chi connectivity index (χ4n) is 2.36. The van der Waals surface area contributed by atoms with Crippen LogP contribution in [-0.2, 0) is 6.42 Å². The summed E-state index contributed by atoms with van der Waals surface area (Å²) in [7, 11) is 0. The Labute approximate surface area is 103 Å². The van der Waals surface area contributed by atoms with Crippen molar-refractivity contribution in [1.29, 1.82) is 0 Å². The lowest BCUT2D eigenvalue weighted by atomic mass is 10.0. The van der Waals surface area contributed by atoms with Gasteiger partial charge in [0.2, 0.25) is 0 Å². The SMILES string of the molecule is CC(F)c1ccccc1CCN1CCNCC1. The molecule has 0 spiro atoms. The van der Waals surface area contributed by atoms with Crippen LogP contribution >= 0.6 is 0 Å². The van der Waals surface area contributed by atoms with Gasteiger partial charge in [0.1, 0.15) is 6.17 Å². The van der Waals surface area contributed by atoms with E-state index in [9.17, 15) is 4.39 Å². The van der Waals surface area contributed by atoms with Gasteiger partial charge in [-0.1, -0.05) is 24.3 Å². The molecule has 1 aromatic carbocycles. The van der Waals surface area contributed by atoms with E-state index in [0.717, 1.165) is 50.3 Å². The molecule has 0 radical (unpaired) electrons. The molecular weight excluding hydrogens is 215 g/mol. The Hall–Kier alpha value is -0.930. The summed E-state index contributed by atoms with van der Waals surface area (Å²) in [6.07, 6.45) is 0.0824. The lowest BCUT2D eigenvalue weighted by Gasteiger charge is -2.27. The molecule has 0 saturated carbocycles. The first-order valence-corrected chi connectivity index (χ1v) is 6.42. The van der Waals surface area contributed by atoms with Gasteiger partial charge >= 0.3 is 0 Å². The normalized spacial score (nSPS) is 19.2. The molecule has 2 nitrogen and oxygen atoms in total. The van der Waals surface area contributed by atoms with Gasteiger partial charge in [-0.25, -0.2) is 4.39 Å². The number of halogens is 1. The quantitative estimate of drug-likeness (QED) is 0.862. The maximum absolute atomic E-state index is 13.4. The number of nitrogens with zero attached hydrogens (tertiary/aromatic N) is 1. The topological polar surface area (TPSA) is 15.3 Å². The van der Waals surface area contributed by atoms with Crippen molar-refractivity contribution in [2.24, 2.45) is 0 Å². The van der Waals surface area contributed by atoms with Crippen LogP contribution in [0, 0.1) is 0 Å². The molecule has 1 fully saturated rings. The van der Waals surface area contributed by atoms with Crippen LogP contribution in [0.4, 0.5) is 4.39 Å². The number of rotatable bonds is 4. The third kappa shape index (κ3) is 3.51. The van der Waals surface area contributed by atoms with Crippen molar-refractivity contribution < 1.29 is 4.39 Å². The summed E-state index contributed by atoms with van der Waals surface area (Å²) in [4.78, 5) is 2.44. The van der Waals surface area contributed by atoms with Crippen LogP contribution in [0.3, 0.4) is 0 Å². The first-order valence-electron chi connectivity index (χ1n) is 6.42. The summed E-state index contributed by atoms with van der Waals surface area (Å²) in [5.41, 5.74) is 2.00. The van der Waals surface area contributed by atoms with Gasteiger partial charge < -0.3 is 10.2 Å². The summed E-state index contributed by atoms with van der Waals surface area (Å²) < 4.78 is 13.4. The molecule has 1 aliphatic heterocycles. The van der Waals surface area contributed by atoms with Crippen molar-refractivity contribution in [2.75, 3.05) is 32.7 Å². The second-order valence-corrected chi connectivity index (χ2v) is 4.66. The van der Waals surface area contributed by atoms with Crippen molar-refractivity contribution in [3.05, 3.63) is 35.4 Å². The molecule has 0 bridgehead atoms. The molecular formula is C14H21FN2. The Bertz CT molecular complexity index is 346. The van der Waals surface area contributed by atoms with E-state index in [0.29, 0.717) is 0 Å². The molecule has 0 aliphatic carbocycles. The highest BCUT2D eigenvalue weighted by atomic mass is 19.1. The van der Waals surface area contributed by atoms with Crippen molar-refractivity contribution in [1.82, 2.24) is 10.2 Å². The number of nitrogens with one attached hydrogen (secondary N) is 1. The molecule has 1 aromatic rings. The van der Waals surface area contributed by atoms with Crippen molar-refractivity contribution >= 4 is 0 Å². The molecule has 94 valence electrons. The minimum atomic E-state index is -0.866. The lowest BCUT2D eigenvalue weighted by molar-refractivity contribution is 0.243. The molecule has 1 atom stereocenters. The number of alkyl halides is 1. The summed E-state index contributed by atoms with van der Waals surface area (Å²) in [5.74, 6) is 0. The molecule has 3 heteroatoms. The Morgan fingerprint density at radius 3 is 2.71 bits per heavy atom. The first-order chi connectivity index (χ1) is 8.27. The van der Waals surface area contributed by atoms with E-state index in [2.05, 4.69) is 10.2 Å². The third-order valence-corrected chi connectivity index (χ3v) is 3.39. The summed E-state index contributed by atoms with van der Waals surface area (Å²) in [6, 6.07) is 7.87. The Kier molecular flexibility index (Phi) is 4.51. The molecule has 2 rings (SSSR count). The molecule has 0 amide bonds. The smallest absolute Gasteiger partial charge is 0.123 e. The zero-order chi connectivity index (χ0) is 12.1. The Morgan fingerprint density at radius 1 is 1.29 bits per heavy atom. The molecule has 1 heterocycles. The van der Waals surface area contributed by atoms with Gasteiger partial charge in [0.05, 0.1) is 0 Å². The minimum Gasteiger partial charge on any atom is -0.314 e. The number of hydrogen-bond donors (Lipinski definition) is 1.